The molecule has 1 aliphatic heterocycles. The van der Waals surface area contributed by atoms with Gasteiger partial charge in [0.15, 0.2) is 6.61 Å². The fourth-order valence-corrected chi connectivity index (χ4v) is 3.82. The lowest BCUT2D eigenvalue weighted by Gasteiger charge is -2.35. The zero-order valence-corrected chi connectivity index (χ0v) is 18.9. The highest BCUT2D eigenvalue weighted by atomic mass is 16.5. The van der Waals surface area contributed by atoms with Crippen LogP contribution in [0.4, 0.5) is 5.82 Å². The van der Waals surface area contributed by atoms with Gasteiger partial charge in [-0.2, -0.15) is 4.98 Å². The third-order valence-electron chi connectivity index (χ3n) is 5.81. The van der Waals surface area contributed by atoms with E-state index in [4.69, 9.17) is 9.26 Å². The van der Waals surface area contributed by atoms with Crippen molar-refractivity contribution in [3.8, 4) is 28.6 Å². The van der Waals surface area contributed by atoms with E-state index in [1.165, 1.54) is 5.56 Å². The Balaban J connectivity index is 1.13. The van der Waals surface area contributed by atoms with Crippen molar-refractivity contribution < 1.29 is 14.1 Å². The molecule has 0 bridgehead atoms. The second kappa shape index (κ2) is 9.74. The summed E-state index contributed by atoms with van der Waals surface area (Å²) in [6.45, 7) is 4.85. The number of amides is 1. The lowest BCUT2D eigenvalue weighted by Crippen LogP contribution is -2.50. The smallest absolute Gasteiger partial charge is 0.260 e. The molecular weight excluding hydrogens is 430 g/mol. The fraction of sp³-hybridized carbons (Fsp3) is 0.231. The lowest BCUT2D eigenvalue weighted by atomic mass is 10.1. The number of aryl methyl sites for hydroxylation is 1. The van der Waals surface area contributed by atoms with E-state index in [0.29, 0.717) is 30.6 Å². The van der Waals surface area contributed by atoms with Crippen LogP contribution in [-0.2, 0) is 4.79 Å². The van der Waals surface area contributed by atoms with E-state index >= 15 is 0 Å². The number of rotatable bonds is 6. The molecule has 5 rings (SSSR count). The summed E-state index contributed by atoms with van der Waals surface area (Å²) >= 11 is 0. The molecule has 1 fully saturated rings. The van der Waals surface area contributed by atoms with Crippen LogP contribution in [0.3, 0.4) is 0 Å². The van der Waals surface area contributed by atoms with Crippen molar-refractivity contribution in [1.29, 1.82) is 0 Å². The first-order valence-corrected chi connectivity index (χ1v) is 11.2. The molecule has 3 heterocycles. The van der Waals surface area contributed by atoms with E-state index in [1.807, 2.05) is 66.4 Å². The molecule has 172 valence electrons. The standard InChI is InChI=1S/C26H25N5O3/c1-19-5-7-20(8-6-19)25-28-26(34-29-25)21-9-11-22(12-10-21)33-18-24(32)31-16-14-30(15-17-31)23-4-2-3-13-27-23/h2-13H,14-18H2,1H3. The average molecular weight is 456 g/mol. The Morgan fingerprint density at radius 2 is 1.68 bits per heavy atom. The Morgan fingerprint density at radius 1 is 0.941 bits per heavy atom. The zero-order chi connectivity index (χ0) is 23.3. The summed E-state index contributed by atoms with van der Waals surface area (Å²) in [4.78, 5) is 25.5. The number of nitrogens with zero attached hydrogens (tertiary/aromatic N) is 5. The molecule has 8 nitrogen and oxygen atoms in total. The van der Waals surface area contributed by atoms with Gasteiger partial charge in [0.1, 0.15) is 11.6 Å². The van der Waals surface area contributed by atoms with Gasteiger partial charge in [-0.1, -0.05) is 41.1 Å². The van der Waals surface area contributed by atoms with Crippen LogP contribution in [0.5, 0.6) is 5.75 Å². The highest BCUT2D eigenvalue weighted by molar-refractivity contribution is 5.78. The Morgan fingerprint density at radius 3 is 2.38 bits per heavy atom. The van der Waals surface area contributed by atoms with Crippen molar-refractivity contribution in [2.75, 3.05) is 37.7 Å². The van der Waals surface area contributed by atoms with E-state index in [-0.39, 0.29) is 12.5 Å². The predicted molar refractivity (Wildman–Crippen MR) is 128 cm³/mol. The van der Waals surface area contributed by atoms with Crippen molar-refractivity contribution in [3.05, 3.63) is 78.5 Å². The molecule has 0 aliphatic carbocycles. The number of ether oxygens (including phenoxy) is 1. The molecule has 0 spiro atoms. The molecular formula is C26H25N5O3. The van der Waals surface area contributed by atoms with Crippen LogP contribution >= 0.6 is 0 Å². The quantitative estimate of drug-likeness (QED) is 0.437. The van der Waals surface area contributed by atoms with Crippen molar-refractivity contribution in [2.24, 2.45) is 0 Å². The van der Waals surface area contributed by atoms with E-state index < -0.39 is 0 Å². The summed E-state index contributed by atoms with van der Waals surface area (Å²) in [5.74, 6) is 2.51. The Labute approximate surface area is 197 Å². The SMILES string of the molecule is Cc1ccc(-c2noc(-c3ccc(OCC(=O)N4CCN(c5ccccn5)CC4)cc3)n2)cc1. The Hall–Kier alpha value is -4.20. The van der Waals surface area contributed by atoms with Gasteiger partial charge in [-0.3, -0.25) is 4.79 Å². The summed E-state index contributed by atoms with van der Waals surface area (Å²) in [7, 11) is 0. The maximum absolute atomic E-state index is 12.6. The van der Waals surface area contributed by atoms with Crippen LogP contribution in [0.25, 0.3) is 22.8 Å². The van der Waals surface area contributed by atoms with Crippen molar-refractivity contribution in [3.63, 3.8) is 0 Å². The molecule has 2 aromatic heterocycles. The van der Waals surface area contributed by atoms with Crippen LogP contribution in [0.2, 0.25) is 0 Å². The van der Waals surface area contributed by atoms with Crippen LogP contribution in [-0.4, -0.2) is 58.7 Å². The number of carbonyl (C=O) groups is 1. The van der Waals surface area contributed by atoms with Gasteiger partial charge in [-0.05, 0) is 43.3 Å². The fourth-order valence-electron chi connectivity index (χ4n) is 3.82. The molecule has 0 radical (unpaired) electrons. The highest BCUT2D eigenvalue weighted by Gasteiger charge is 2.22. The lowest BCUT2D eigenvalue weighted by molar-refractivity contribution is -0.133. The molecule has 0 unspecified atom stereocenters. The number of aromatic nitrogens is 3. The van der Waals surface area contributed by atoms with E-state index in [9.17, 15) is 4.79 Å². The number of hydrogen-bond acceptors (Lipinski definition) is 7. The molecule has 2 aromatic carbocycles. The van der Waals surface area contributed by atoms with Gasteiger partial charge in [0.25, 0.3) is 11.8 Å². The molecule has 1 amide bonds. The van der Waals surface area contributed by atoms with Gasteiger partial charge in [0.05, 0.1) is 0 Å². The van der Waals surface area contributed by atoms with Gasteiger partial charge in [-0.15, -0.1) is 0 Å². The van der Waals surface area contributed by atoms with Crippen molar-refractivity contribution in [1.82, 2.24) is 20.0 Å². The van der Waals surface area contributed by atoms with E-state index in [1.54, 1.807) is 18.3 Å². The van der Waals surface area contributed by atoms with Crippen molar-refractivity contribution >= 4 is 11.7 Å². The molecule has 0 atom stereocenters. The molecule has 1 saturated heterocycles. The molecule has 0 N–H and O–H groups in total. The normalized spacial score (nSPS) is 13.7. The summed E-state index contributed by atoms with van der Waals surface area (Å²) in [6.07, 6.45) is 1.79. The summed E-state index contributed by atoms with van der Waals surface area (Å²) < 4.78 is 11.1. The Bertz CT molecular complexity index is 1230. The zero-order valence-electron chi connectivity index (χ0n) is 18.9. The average Bonchev–Trinajstić information content (AvgIpc) is 3.39. The van der Waals surface area contributed by atoms with E-state index in [2.05, 4.69) is 20.0 Å². The first-order chi connectivity index (χ1) is 16.7. The second-order valence-corrected chi connectivity index (χ2v) is 8.16. The topological polar surface area (TPSA) is 84.6 Å². The number of benzene rings is 2. The number of hydrogen-bond donors (Lipinski definition) is 0. The molecule has 8 heteroatoms. The molecule has 4 aromatic rings. The monoisotopic (exact) mass is 455 g/mol. The maximum Gasteiger partial charge on any atom is 0.260 e. The Kier molecular flexibility index (Phi) is 6.20. The molecule has 34 heavy (non-hydrogen) atoms. The summed E-state index contributed by atoms with van der Waals surface area (Å²) in [5, 5.41) is 4.08. The third kappa shape index (κ3) is 4.91. The summed E-state index contributed by atoms with van der Waals surface area (Å²) in [5.41, 5.74) is 2.86. The van der Waals surface area contributed by atoms with E-state index in [0.717, 1.165) is 30.0 Å². The second-order valence-electron chi connectivity index (χ2n) is 8.16. The minimum Gasteiger partial charge on any atom is -0.484 e. The van der Waals surface area contributed by atoms with Crippen LogP contribution in [0.15, 0.2) is 77.4 Å². The number of anilines is 1. The maximum atomic E-state index is 12.6. The highest BCUT2D eigenvalue weighted by Crippen LogP contribution is 2.24. The van der Waals surface area contributed by atoms with Crippen LogP contribution in [0.1, 0.15) is 5.56 Å². The number of piperazine rings is 1. The first-order valence-electron chi connectivity index (χ1n) is 11.2. The van der Waals surface area contributed by atoms with Crippen molar-refractivity contribution in [2.45, 2.75) is 6.92 Å². The molecule has 1 aliphatic rings. The minimum absolute atomic E-state index is 0.00105. The largest absolute Gasteiger partial charge is 0.484 e. The predicted octanol–water partition coefficient (Wildman–Crippen LogP) is 3.83. The van der Waals surface area contributed by atoms with Crippen LogP contribution in [0, 0.1) is 6.92 Å². The minimum atomic E-state index is -0.0237. The van der Waals surface area contributed by atoms with Crippen LogP contribution < -0.4 is 9.64 Å². The number of carbonyl (C=O) groups excluding carboxylic acids is 1. The van der Waals surface area contributed by atoms with Gasteiger partial charge in [0.2, 0.25) is 5.82 Å². The third-order valence-corrected chi connectivity index (χ3v) is 5.81. The van der Waals surface area contributed by atoms with Gasteiger partial charge < -0.3 is 19.1 Å². The van der Waals surface area contributed by atoms with Gasteiger partial charge >= 0.3 is 0 Å². The number of pyridine rings is 1. The van der Waals surface area contributed by atoms with Gasteiger partial charge in [0, 0.05) is 43.5 Å². The summed E-state index contributed by atoms with van der Waals surface area (Å²) in [6, 6.07) is 21.1. The van der Waals surface area contributed by atoms with Gasteiger partial charge in [-0.25, -0.2) is 4.98 Å². The first kappa shape index (κ1) is 21.6. The molecule has 0 saturated carbocycles.